The first-order valence-electron chi connectivity index (χ1n) is 6.09. The van der Waals surface area contributed by atoms with Gasteiger partial charge in [-0.2, -0.15) is 0 Å². The van der Waals surface area contributed by atoms with Crippen LogP contribution in [0.25, 0.3) is 0 Å². The third-order valence-electron chi connectivity index (χ3n) is 2.81. The van der Waals surface area contributed by atoms with Crippen molar-refractivity contribution >= 4 is 31.7 Å². The molecule has 23 heavy (non-hydrogen) atoms. The van der Waals surface area contributed by atoms with Crippen LogP contribution in [0.15, 0.2) is 58.3 Å². The van der Waals surface area contributed by atoms with Crippen LogP contribution in [-0.4, -0.2) is 27.9 Å². The van der Waals surface area contributed by atoms with Crippen LogP contribution in [0.4, 0.5) is 5.69 Å². The second kappa shape index (κ2) is 5.99. The molecule has 2 aromatic carbocycles. The summed E-state index contributed by atoms with van der Waals surface area (Å²) in [5.74, 6) is -1.27. The van der Waals surface area contributed by atoms with Gasteiger partial charge < -0.3 is 5.11 Å². The molecular formula is C13H12N2O6S2. The molecule has 8 nitrogen and oxygen atoms in total. The topological polar surface area (TPSA) is 144 Å². The van der Waals surface area contributed by atoms with Crippen LogP contribution in [0.3, 0.4) is 0 Å². The van der Waals surface area contributed by atoms with Crippen molar-refractivity contribution < 1.29 is 26.7 Å². The zero-order valence-electron chi connectivity index (χ0n) is 11.5. The number of carbonyl (C=O) groups is 1. The molecule has 0 saturated heterocycles. The Bertz CT molecular complexity index is 967. The van der Waals surface area contributed by atoms with Crippen molar-refractivity contribution in [1.29, 1.82) is 0 Å². The lowest BCUT2D eigenvalue weighted by molar-refractivity contribution is 0.0696. The molecule has 122 valence electrons. The summed E-state index contributed by atoms with van der Waals surface area (Å²) in [6, 6.07) is 9.71. The summed E-state index contributed by atoms with van der Waals surface area (Å²) < 4.78 is 49.2. The van der Waals surface area contributed by atoms with Gasteiger partial charge in [-0.1, -0.05) is 12.1 Å². The Morgan fingerprint density at radius 3 is 2.17 bits per heavy atom. The molecule has 0 aliphatic rings. The first-order chi connectivity index (χ1) is 10.6. The Morgan fingerprint density at radius 2 is 1.57 bits per heavy atom. The van der Waals surface area contributed by atoms with E-state index in [4.69, 9.17) is 10.2 Å². The maximum absolute atomic E-state index is 12.3. The van der Waals surface area contributed by atoms with E-state index in [9.17, 15) is 21.6 Å². The van der Waals surface area contributed by atoms with Gasteiger partial charge in [0, 0.05) is 0 Å². The SMILES string of the molecule is NS(=O)(=O)c1cccc(NS(=O)(=O)c2cccc(C(=O)O)c2)c1. The number of benzene rings is 2. The van der Waals surface area contributed by atoms with Crippen molar-refractivity contribution in [1.82, 2.24) is 0 Å². The van der Waals surface area contributed by atoms with Crippen molar-refractivity contribution in [3.63, 3.8) is 0 Å². The largest absolute Gasteiger partial charge is 0.478 e. The molecule has 2 rings (SSSR count). The van der Waals surface area contributed by atoms with Crippen molar-refractivity contribution in [3.05, 3.63) is 54.1 Å². The van der Waals surface area contributed by atoms with Gasteiger partial charge in [0.15, 0.2) is 0 Å². The van der Waals surface area contributed by atoms with Crippen molar-refractivity contribution in [3.8, 4) is 0 Å². The fourth-order valence-corrected chi connectivity index (χ4v) is 3.40. The normalized spacial score (nSPS) is 11.9. The van der Waals surface area contributed by atoms with Crippen molar-refractivity contribution in [2.24, 2.45) is 5.14 Å². The van der Waals surface area contributed by atoms with Gasteiger partial charge in [-0.25, -0.2) is 26.8 Å². The van der Waals surface area contributed by atoms with E-state index in [2.05, 4.69) is 4.72 Å². The van der Waals surface area contributed by atoms with E-state index in [1.54, 1.807) is 0 Å². The predicted octanol–water partition coefficient (Wildman–Crippen LogP) is 0.833. The van der Waals surface area contributed by atoms with Crippen molar-refractivity contribution in [2.45, 2.75) is 9.79 Å². The van der Waals surface area contributed by atoms with Gasteiger partial charge in [0.2, 0.25) is 10.0 Å². The van der Waals surface area contributed by atoms with Crippen LogP contribution >= 0.6 is 0 Å². The molecule has 0 unspecified atom stereocenters. The van der Waals surface area contributed by atoms with Crippen LogP contribution in [0, 0.1) is 0 Å². The molecule has 0 atom stereocenters. The van der Waals surface area contributed by atoms with Gasteiger partial charge in [0.1, 0.15) is 0 Å². The number of rotatable bonds is 5. The molecule has 0 heterocycles. The summed E-state index contributed by atoms with van der Waals surface area (Å²) >= 11 is 0. The zero-order chi connectivity index (χ0) is 17.3. The maximum atomic E-state index is 12.3. The van der Waals surface area contributed by atoms with Crippen LogP contribution < -0.4 is 9.86 Å². The molecule has 0 amide bonds. The van der Waals surface area contributed by atoms with Gasteiger partial charge in [-0.05, 0) is 36.4 Å². The first-order valence-corrected chi connectivity index (χ1v) is 9.11. The number of sulfonamides is 2. The van der Waals surface area contributed by atoms with E-state index in [1.807, 2.05) is 0 Å². The maximum Gasteiger partial charge on any atom is 0.335 e. The monoisotopic (exact) mass is 356 g/mol. The minimum Gasteiger partial charge on any atom is -0.478 e. The summed E-state index contributed by atoms with van der Waals surface area (Å²) in [6.07, 6.45) is 0. The minimum atomic E-state index is -4.08. The lowest BCUT2D eigenvalue weighted by Gasteiger charge is -2.09. The number of carboxylic acids is 1. The van der Waals surface area contributed by atoms with Crippen LogP contribution in [0.2, 0.25) is 0 Å². The Kier molecular flexibility index (Phi) is 4.41. The second-order valence-electron chi connectivity index (χ2n) is 4.51. The van der Waals surface area contributed by atoms with Gasteiger partial charge in [-0.15, -0.1) is 0 Å². The third kappa shape index (κ3) is 4.06. The first kappa shape index (κ1) is 16.9. The highest BCUT2D eigenvalue weighted by molar-refractivity contribution is 7.92. The number of aromatic carboxylic acids is 1. The molecule has 0 aliphatic heterocycles. The minimum absolute atomic E-state index is 0.0164. The number of primary sulfonamides is 1. The number of nitrogens with one attached hydrogen (secondary N) is 1. The molecular weight excluding hydrogens is 344 g/mol. The molecule has 0 bridgehead atoms. The molecule has 0 fully saturated rings. The average Bonchev–Trinajstić information content (AvgIpc) is 2.46. The number of hydrogen-bond acceptors (Lipinski definition) is 5. The average molecular weight is 356 g/mol. The molecule has 0 aromatic heterocycles. The number of carboxylic acid groups (broad SMARTS) is 1. The summed E-state index contributed by atoms with van der Waals surface area (Å²) in [4.78, 5) is 10.4. The van der Waals surface area contributed by atoms with E-state index in [1.165, 1.54) is 36.4 Å². The van der Waals surface area contributed by atoms with Crippen LogP contribution in [-0.2, 0) is 20.0 Å². The zero-order valence-corrected chi connectivity index (χ0v) is 13.1. The van der Waals surface area contributed by atoms with Gasteiger partial charge in [-0.3, -0.25) is 4.72 Å². The summed E-state index contributed by atoms with van der Waals surface area (Å²) in [5, 5.41) is 13.9. The molecule has 10 heteroatoms. The number of anilines is 1. The highest BCUT2D eigenvalue weighted by Gasteiger charge is 2.17. The lowest BCUT2D eigenvalue weighted by atomic mass is 10.2. The quantitative estimate of drug-likeness (QED) is 0.724. The second-order valence-corrected chi connectivity index (χ2v) is 7.76. The number of hydrogen-bond donors (Lipinski definition) is 3. The third-order valence-corrected chi connectivity index (χ3v) is 5.10. The smallest absolute Gasteiger partial charge is 0.335 e. The standard InChI is InChI=1S/C13H12N2O6S2/c14-22(18,19)11-5-2-4-10(8-11)15-23(20,21)12-6-1-3-9(7-12)13(16)17/h1-8,15H,(H,16,17)(H2,14,18,19). The Labute approximate surface area is 132 Å². The Morgan fingerprint density at radius 1 is 0.957 bits per heavy atom. The Hall–Kier alpha value is -2.43. The van der Waals surface area contributed by atoms with E-state index < -0.39 is 26.0 Å². The summed E-state index contributed by atoms with van der Waals surface area (Å²) in [7, 11) is -8.06. The number of nitrogens with two attached hydrogens (primary N) is 1. The van der Waals surface area contributed by atoms with E-state index in [0.717, 1.165) is 12.1 Å². The fraction of sp³-hybridized carbons (Fsp3) is 0. The van der Waals surface area contributed by atoms with Crippen molar-refractivity contribution in [2.75, 3.05) is 4.72 Å². The van der Waals surface area contributed by atoms with E-state index in [0.29, 0.717) is 0 Å². The molecule has 2 aromatic rings. The fourth-order valence-electron chi connectivity index (χ4n) is 1.75. The van der Waals surface area contributed by atoms with Gasteiger partial charge in [0.05, 0.1) is 21.0 Å². The van der Waals surface area contributed by atoms with Gasteiger partial charge >= 0.3 is 5.97 Å². The molecule has 0 radical (unpaired) electrons. The summed E-state index contributed by atoms with van der Waals surface area (Å²) in [5.41, 5.74) is -0.205. The lowest BCUT2D eigenvalue weighted by Crippen LogP contribution is -2.15. The molecule has 0 spiro atoms. The van der Waals surface area contributed by atoms with Gasteiger partial charge in [0.25, 0.3) is 10.0 Å². The van der Waals surface area contributed by atoms with E-state index in [-0.39, 0.29) is 21.0 Å². The van der Waals surface area contributed by atoms with E-state index >= 15 is 0 Å². The highest BCUT2D eigenvalue weighted by Crippen LogP contribution is 2.19. The Balaban J connectivity index is 2.39. The molecule has 0 aliphatic carbocycles. The predicted molar refractivity (Wildman–Crippen MR) is 82.0 cm³/mol. The summed E-state index contributed by atoms with van der Waals surface area (Å²) in [6.45, 7) is 0. The highest BCUT2D eigenvalue weighted by atomic mass is 32.2. The molecule has 0 saturated carbocycles. The molecule has 4 N–H and O–H groups in total. The van der Waals surface area contributed by atoms with Crippen LogP contribution in [0.5, 0.6) is 0 Å². The van der Waals surface area contributed by atoms with Crippen LogP contribution in [0.1, 0.15) is 10.4 Å².